The largest absolute Gasteiger partial charge is 0.468 e. The highest BCUT2D eigenvalue weighted by molar-refractivity contribution is 5.08. The number of hydrogen-bond donors (Lipinski definition) is 0. The molecule has 0 aliphatic rings. The molecule has 1 rings (SSSR count). The Morgan fingerprint density at radius 1 is 1.50 bits per heavy atom. The van der Waals surface area contributed by atoms with E-state index in [0.717, 1.165) is 0 Å². The second-order valence-corrected chi connectivity index (χ2v) is 2.01. The van der Waals surface area contributed by atoms with Crippen LogP contribution in [0.15, 0.2) is 18.2 Å². The van der Waals surface area contributed by atoms with Gasteiger partial charge in [-0.05, 0) is 6.07 Å². The fourth-order valence-electron chi connectivity index (χ4n) is 0.548. The third-order valence-electron chi connectivity index (χ3n) is 0.968. The second kappa shape index (κ2) is 3.42. The van der Waals surface area contributed by atoms with E-state index in [1.807, 2.05) is 0 Å². The van der Waals surface area contributed by atoms with Crippen LogP contribution in [-0.2, 0) is 0 Å². The van der Waals surface area contributed by atoms with Crippen LogP contribution in [0.1, 0.15) is 0 Å². The molecule has 5 heteroatoms. The third kappa shape index (κ3) is 3.23. The summed E-state index contributed by atoms with van der Waals surface area (Å²) in [5.41, 5.74) is 0. The third-order valence-corrected chi connectivity index (χ3v) is 0.968. The van der Waals surface area contributed by atoms with E-state index >= 15 is 0 Å². The molecule has 0 amide bonds. The molecule has 0 aliphatic carbocycles. The van der Waals surface area contributed by atoms with Gasteiger partial charge in [-0.25, -0.2) is 4.98 Å². The summed E-state index contributed by atoms with van der Waals surface area (Å²) in [5.74, 6) is -0.0742. The van der Waals surface area contributed by atoms with E-state index in [1.165, 1.54) is 18.2 Å². The highest BCUT2D eigenvalue weighted by atomic mass is 19.4. The minimum atomic E-state index is -4.32. The van der Waals surface area contributed by atoms with Gasteiger partial charge in [0.1, 0.15) is 0 Å². The minimum absolute atomic E-state index is 0.0742. The van der Waals surface area contributed by atoms with Crippen molar-refractivity contribution in [2.45, 2.75) is 6.18 Å². The maximum atomic E-state index is 11.6. The number of halogens is 3. The molecular weight excluding hydrogens is 171 g/mol. The quantitative estimate of drug-likeness (QED) is 0.685. The lowest BCUT2D eigenvalue weighted by Gasteiger charge is -2.06. The summed E-state index contributed by atoms with van der Waals surface area (Å²) in [6.07, 6.45) is -1.97. The smallest absolute Gasteiger partial charge is 0.422 e. The van der Waals surface area contributed by atoms with Crippen molar-refractivity contribution >= 4 is 0 Å². The lowest BCUT2D eigenvalue weighted by Crippen LogP contribution is -2.19. The first-order valence-corrected chi connectivity index (χ1v) is 3.10. The van der Waals surface area contributed by atoms with Gasteiger partial charge < -0.3 is 4.74 Å². The van der Waals surface area contributed by atoms with E-state index in [1.54, 1.807) is 0 Å². The molecule has 0 fully saturated rings. The van der Waals surface area contributed by atoms with Crippen molar-refractivity contribution in [2.24, 2.45) is 0 Å². The van der Waals surface area contributed by atoms with Gasteiger partial charge in [-0.3, -0.25) is 0 Å². The van der Waals surface area contributed by atoms with Crippen LogP contribution in [-0.4, -0.2) is 17.8 Å². The standard InChI is InChI=1S/C7H5F3NO/c8-7(9,10)5-12-6-3-1-2-4-11-6/h1-3H,5H2. The predicted octanol–water partition coefficient (Wildman–Crippen LogP) is 1.82. The Bertz CT molecular complexity index is 234. The molecule has 0 aliphatic heterocycles. The maximum Gasteiger partial charge on any atom is 0.422 e. The fraction of sp³-hybridized carbons (Fsp3) is 0.286. The Morgan fingerprint density at radius 2 is 2.25 bits per heavy atom. The monoisotopic (exact) mass is 176 g/mol. The highest BCUT2D eigenvalue weighted by Crippen LogP contribution is 2.16. The van der Waals surface area contributed by atoms with Crippen LogP contribution in [0.25, 0.3) is 0 Å². The summed E-state index contributed by atoms with van der Waals surface area (Å²) in [6.45, 7) is -1.32. The van der Waals surface area contributed by atoms with Crippen LogP contribution in [0, 0.1) is 6.20 Å². The summed E-state index contributed by atoms with van der Waals surface area (Å²) < 4.78 is 39.0. The van der Waals surface area contributed by atoms with Crippen molar-refractivity contribution in [3.8, 4) is 5.88 Å². The maximum absolute atomic E-state index is 11.6. The van der Waals surface area contributed by atoms with E-state index in [9.17, 15) is 13.2 Å². The van der Waals surface area contributed by atoms with Gasteiger partial charge in [-0.2, -0.15) is 13.2 Å². The van der Waals surface area contributed by atoms with E-state index in [-0.39, 0.29) is 5.88 Å². The molecule has 0 atom stereocenters. The topological polar surface area (TPSA) is 22.1 Å². The first kappa shape index (κ1) is 8.83. The number of rotatable bonds is 2. The zero-order valence-electron chi connectivity index (χ0n) is 5.93. The first-order chi connectivity index (χ1) is 5.58. The van der Waals surface area contributed by atoms with E-state index in [2.05, 4.69) is 15.9 Å². The molecule has 1 radical (unpaired) electrons. The molecular formula is C7H5F3NO. The number of alkyl halides is 3. The SMILES string of the molecule is FC(F)(F)COc1ccc[c]n1. The molecule has 0 saturated carbocycles. The van der Waals surface area contributed by atoms with E-state index in [0.29, 0.717) is 0 Å². The highest BCUT2D eigenvalue weighted by Gasteiger charge is 2.28. The molecule has 0 saturated heterocycles. The Hall–Kier alpha value is -1.26. The number of aromatic nitrogens is 1. The average Bonchev–Trinajstić information content (AvgIpc) is 2.02. The number of nitrogens with zero attached hydrogens (tertiary/aromatic N) is 1. The van der Waals surface area contributed by atoms with Gasteiger partial charge in [0, 0.05) is 6.07 Å². The van der Waals surface area contributed by atoms with Crippen molar-refractivity contribution in [3.05, 3.63) is 24.4 Å². The molecule has 0 aromatic carbocycles. The van der Waals surface area contributed by atoms with Crippen molar-refractivity contribution in [1.29, 1.82) is 0 Å². The van der Waals surface area contributed by atoms with Crippen LogP contribution in [0.5, 0.6) is 5.88 Å². The normalized spacial score (nSPS) is 11.2. The van der Waals surface area contributed by atoms with E-state index in [4.69, 9.17) is 0 Å². The van der Waals surface area contributed by atoms with E-state index < -0.39 is 12.8 Å². The van der Waals surface area contributed by atoms with Gasteiger partial charge in [0.15, 0.2) is 6.61 Å². The molecule has 65 valence electrons. The lowest BCUT2D eigenvalue weighted by molar-refractivity contribution is -0.154. The van der Waals surface area contributed by atoms with Gasteiger partial charge in [0.25, 0.3) is 0 Å². The first-order valence-electron chi connectivity index (χ1n) is 3.10. The average molecular weight is 176 g/mol. The number of ether oxygens (including phenoxy) is 1. The van der Waals surface area contributed by atoms with Gasteiger partial charge in [0.2, 0.25) is 5.88 Å². The zero-order chi connectivity index (χ0) is 9.03. The summed E-state index contributed by atoms with van der Waals surface area (Å²) in [6, 6.07) is 4.31. The molecule has 0 N–H and O–H groups in total. The van der Waals surface area contributed by atoms with Crippen molar-refractivity contribution in [3.63, 3.8) is 0 Å². The second-order valence-electron chi connectivity index (χ2n) is 2.01. The molecule has 0 bridgehead atoms. The molecule has 12 heavy (non-hydrogen) atoms. The van der Waals surface area contributed by atoms with Crippen molar-refractivity contribution in [2.75, 3.05) is 6.61 Å². The Labute approximate surface area is 67.0 Å². The number of hydrogen-bond acceptors (Lipinski definition) is 2. The predicted molar refractivity (Wildman–Crippen MR) is 34.6 cm³/mol. The Kier molecular flexibility index (Phi) is 2.52. The van der Waals surface area contributed by atoms with Crippen LogP contribution < -0.4 is 4.74 Å². The fourth-order valence-corrected chi connectivity index (χ4v) is 0.548. The number of pyridine rings is 1. The van der Waals surface area contributed by atoms with Crippen molar-refractivity contribution < 1.29 is 17.9 Å². The van der Waals surface area contributed by atoms with Crippen molar-refractivity contribution in [1.82, 2.24) is 4.98 Å². The van der Waals surface area contributed by atoms with Crippen LogP contribution in [0.2, 0.25) is 0 Å². The molecule has 0 unspecified atom stereocenters. The minimum Gasteiger partial charge on any atom is -0.468 e. The summed E-state index contributed by atoms with van der Waals surface area (Å²) >= 11 is 0. The summed E-state index contributed by atoms with van der Waals surface area (Å²) in [5, 5.41) is 0. The van der Waals surface area contributed by atoms with Gasteiger partial charge in [0.05, 0.1) is 6.20 Å². The molecule has 1 heterocycles. The van der Waals surface area contributed by atoms with Gasteiger partial charge in [-0.15, -0.1) is 0 Å². The lowest BCUT2D eigenvalue weighted by atomic mass is 10.5. The summed E-state index contributed by atoms with van der Waals surface area (Å²) in [4.78, 5) is 3.43. The molecule has 0 spiro atoms. The molecule has 2 nitrogen and oxygen atoms in total. The van der Waals surface area contributed by atoms with Crippen LogP contribution >= 0.6 is 0 Å². The zero-order valence-corrected chi connectivity index (χ0v) is 5.93. The Morgan fingerprint density at radius 3 is 2.75 bits per heavy atom. The Balaban J connectivity index is 2.44. The van der Waals surface area contributed by atoms with Crippen LogP contribution in [0.4, 0.5) is 13.2 Å². The molecule has 1 aromatic rings. The van der Waals surface area contributed by atoms with Gasteiger partial charge in [-0.1, -0.05) is 6.07 Å². The molecule has 1 aromatic heterocycles. The van der Waals surface area contributed by atoms with Crippen LogP contribution in [0.3, 0.4) is 0 Å². The van der Waals surface area contributed by atoms with Gasteiger partial charge >= 0.3 is 6.18 Å². The summed E-state index contributed by atoms with van der Waals surface area (Å²) in [7, 11) is 0.